The molecule has 2 rings (SSSR count). The average molecular weight is 263 g/mol. The molecular weight excluding hydrogens is 242 g/mol. The van der Waals surface area contributed by atoms with Crippen LogP contribution >= 0.6 is 0 Å². The summed E-state index contributed by atoms with van der Waals surface area (Å²) in [4.78, 5) is 16.1. The Morgan fingerprint density at radius 1 is 1.53 bits per heavy atom. The number of aryl methyl sites for hydroxylation is 1. The van der Waals surface area contributed by atoms with Gasteiger partial charge in [-0.05, 0) is 44.5 Å². The first-order chi connectivity index (χ1) is 9.16. The topological polar surface area (TPSA) is 77.2 Å². The van der Waals surface area contributed by atoms with Crippen LogP contribution in [0, 0.1) is 6.92 Å². The lowest BCUT2D eigenvalue weighted by Gasteiger charge is -2.22. The zero-order valence-corrected chi connectivity index (χ0v) is 11.3. The third-order valence-corrected chi connectivity index (χ3v) is 3.32. The predicted molar refractivity (Wildman–Crippen MR) is 74.2 cm³/mol. The molecule has 1 saturated heterocycles. The van der Waals surface area contributed by atoms with Crippen LogP contribution in [-0.4, -0.2) is 36.6 Å². The number of carbonyl (C=O) groups is 1. The van der Waals surface area contributed by atoms with Gasteiger partial charge in [0, 0.05) is 12.6 Å². The number of nitrogens with two attached hydrogens (primary N) is 1. The van der Waals surface area contributed by atoms with Gasteiger partial charge in [0.2, 0.25) is 0 Å². The van der Waals surface area contributed by atoms with E-state index in [4.69, 9.17) is 10.5 Å². The Balaban J connectivity index is 1.82. The first kappa shape index (κ1) is 14.0. The minimum atomic E-state index is 0.00244. The molecule has 1 aliphatic heterocycles. The van der Waals surface area contributed by atoms with Crippen molar-refractivity contribution >= 4 is 11.6 Å². The Bertz CT molecular complexity index is 442. The Kier molecular flexibility index (Phi) is 4.87. The molecule has 5 heteroatoms. The number of anilines is 1. The highest BCUT2D eigenvalue weighted by molar-refractivity contribution is 6.00. The van der Waals surface area contributed by atoms with Gasteiger partial charge in [0.1, 0.15) is 5.82 Å². The average Bonchev–Trinajstić information content (AvgIpc) is 2.42. The summed E-state index contributed by atoms with van der Waals surface area (Å²) in [5.74, 6) is 0.306. The van der Waals surface area contributed by atoms with Crippen molar-refractivity contribution in [3.05, 3.63) is 23.4 Å². The van der Waals surface area contributed by atoms with Gasteiger partial charge in [-0.25, -0.2) is 4.98 Å². The molecule has 104 valence electrons. The summed E-state index contributed by atoms with van der Waals surface area (Å²) >= 11 is 0. The normalized spacial score (nSPS) is 16.5. The maximum atomic E-state index is 12.0. The molecule has 0 atom stereocenters. The Morgan fingerprint density at radius 2 is 2.26 bits per heavy atom. The number of hydrogen-bond acceptors (Lipinski definition) is 5. The van der Waals surface area contributed by atoms with E-state index in [0.717, 1.165) is 31.5 Å². The third-order valence-electron chi connectivity index (χ3n) is 3.32. The Labute approximate surface area is 113 Å². The highest BCUT2D eigenvalue weighted by Crippen LogP contribution is 2.14. The minimum absolute atomic E-state index is 0.00244. The van der Waals surface area contributed by atoms with E-state index in [2.05, 4.69) is 10.3 Å². The first-order valence-electron chi connectivity index (χ1n) is 6.74. The summed E-state index contributed by atoms with van der Waals surface area (Å²) in [5, 5.41) is 3.28. The van der Waals surface area contributed by atoms with Gasteiger partial charge in [0.05, 0.1) is 18.3 Å². The number of hydrogen-bond donors (Lipinski definition) is 2. The van der Waals surface area contributed by atoms with E-state index in [1.165, 1.54) is 0 Å². The molecule has 3 N–H and O–H groups in total. The zero-order chi connectivity index (χ0) is 13.7. The molecule has 1 aromatic heterocycles. The van der Waals surface area contributed by atoms with Crippen molar-refractivity contribution in [3.63, 3.8) is 0 Å². The number of aromatic nitrogens is 1. The van der Waals surface area contributed by atoms with Crippen LogP contribution < -0.4 is 11.1 Å². The van der Waals surface area contributed by atoms with Crippen molar-refractivity contribution in [1.82, 2.24) is 10.3 Å². The fourth-order valence-corrected chi connectivity index (χ4v) is 2.22. The van der Waals surface area contributed by atoms with Crippen LogP contribution in [0.4, 0.5) is 5.82 Å². The second-order valence-electron chi connectivity index (χ2n) is 4.94. The van der Waals surface area contributed by atoms with Crippen LogP contribution in [0.3, 0.4) is 0 Å². The van der Waals surface area contributed by atoms with Crippen molar-refractivity contribution in [2.24, 2.45) is 0 Å². The van der Waals surface area contributed by atoms with Crippen molar-refractivity contribution in [1.29, 1.82) is 0 Å². The van der Waals surface area contributed by atoms with E-state index in [0.29, 0.717) is 24.4 Å². The van der Waals surface area contributed by atoms with Gasteiger partial charge in [0.15, 0.2) is 5.78 Å². The van der Waals surface area contributed by atoms with Gasteiger partial charge in [-0.3, -0.25) is 4.79 Å². The summed E-state index contributed by atoms with van der Waals surface area (Å²) in [7, 11) is 0. The maximum absolute atomic E-state index is 12.0. The van der Waals surface area contributed by atoms with Crippen LogP contribution in [0.15, 0.2) is 12.3 Å². The number of pyridine rings is 1. The SMILES string of the molecule is Cc1cnc(N)c(C(=O)CCOC2CCNCC2)c1. The number of piperidine rings is 1. The summed E-state index contributed by atoms with van der Waals surface area (Å²) in [6, 6.07) is 1.79. The number of nitrogens with zero attached hydrogens (tertiary/aromatic N) is 1. The van der Waals surface area contributed by atoms with E-state index < -0.39 is 0 Å². The molecule has 0 unspecified atom stereocenters. The number of ketones is 1. The second kappa shape index (κ2) is 6.63. The standard InChI is InChI=1S/C14H21N3O2/c1-10-8-12(14(15)17-9-10)13(18)4-7-19-11-2-5-16-6-3-11/h8-9,11,16H,2-7H2,1H3,(H2,15,17). The summed E-state index contributed by atoms with van der Waals surface area (Å²) < 4.78 is 5.72. The smallest absolute Gasteiger partial charge is 0.168 e. The summed E-state index contributed by atoms with van der Waals surface area (Å²) in [6.07, 6.45) is 4.34. The molecule has 0 radical (unpaired) electrons. The molecule has 0 spiro atoms. The van der Waals surface area contributed by atoms with Crippen LogP contribution in [0.1, 0.15) is 35.2 Å². The molecule has 0 aromatic carbocycles. The van der Waals surface area contributed by atoms with Crippen molar-refractivity contribution in [2.75, 3.05) is 25.4 Å². The van der Waals surface area contributed by atoms with Crippen molar-refractivity contribution in [2.45, 2.75) is 32.3 Å². The van der Waals surface area contributed by atoms with Crippen molar-refractivity contribution < 1.29 is 9.53 Å². The summed E-state index contributed by atoms with van der Waals surface area (Å²) in [6.45, 7) is 4.34. The maximum Gasteiger partial charge on any atom is 0.168 e. The molecule has 0 aliphatic carbocycles. The monoisotopic (exact) mass is 263 g/mol. The van der Waals surface area contributed by atoms with Gasteiger partial charge in [-0.2, -0.15) is 0 Å². The number of ether oxygens (including phenoxy) is 1. The van der Waals surface area contributed by atoms with Crippen LogP contribution in [0.2, 0.25) is 0 Å². The highest BCUT2D eigenvalue weighted by Gasteiger charge is 2.15. The molecule has 2 heterocycles. The van der Waals surface area contributed by atoms with Crippen LogP contribution in [0.25, 0.3) is 0 Å². The lowest BCUT2D eigenvalue weighted by molar-refractivity contribution is 0.0314. The number of nitrogens with one attached hydrogen (secondary N) is 1. The highest BCUT2D eigenvalue weighted by atomic mass is 16.5. The lowest BCUT2D eigenvalue weighted by Crippen LogP contribution is -2.32. The fourth-order valence-electron chi connectivity index (χ4n) is 2.22. The Hall–Kier alpha value is -1.46. The number of rotatable bonds is 5. The molecule has 0 bridgehead atoms. The molecular formula is C14H21N3O2. The van der Waals surface area contributed by atoms with E-state index in [1.54, 1.807) is 12.3 Å². The minimum Gasteiger partial charge on any atom is -0.383 e. The van der Waals surface area contributed by atoms with Crippen LogP contribution in [-0.2, 0) is 4.74 Å². The molecule has 5 nitrogen and oxygen atoms in total. The largest absolute Gasteiger partial charge is 0.383 e. The van der Waals surface area contributed by atoms with E-state index in [1.807, 2.05) is 6.92 Å². The molecule has 0 amide bonds. The van der Waals surface area contributed by atoms with Gasteiger partial charge < -0.3 is 15.8 Å². The molecule has 1 fully saturated rings. The first-order valence-corrected chi connectivity index (χ1v) is 6.74. The molecule has 1 aromatic rings. The van der Waals surface area contributed by atoms with Gasteiger partial charge in [0.25, 0.3) is 0 Å². The molecule has 19 heavy (non-hydrogen) atoms. The molecule has 1 aliphatic rings. The number of carbonyl (C=O) groups excluding carboxylic acids is 1. The van der Waals surface area contributed by atoms with E-state index in [9.17, 15) is 4.79 Å². The van der Waals surface area contributed by atoms with Crippen molar-refractivity contribution in [3.8, 4) is 0 Å². The van der Waals surface area contributed by atoms with Gasteiger partial charge in [-0.1, -0.05) is 0 Å². The quantitative estimate of drug-likeness (QED) is 0.783. The predicted octanol–water partition coefficient (Wildman–Crippen LogP) is 1.31. The lowest BCUT2D eigenvalue weighted by atomic mass is 10.1. The third kappa shape index (κ3) is 4.01. The van der Waals surface area contributed by atoms with Gasteiger partial charge >= 0.3 is 0 Å². The second-order valence-corrected chi connectivity index (χ2v) is 4.94. The van der Waals surface area contributed by atoms with Gasteiger partial charge in [-0.15, -0.1) is 0 Å². The van der Waals surface area contributed by atoms with E-state index >= 15 is 0 Å². The van der Waals surface area contributed by atoms with E-state index in [-0.39, 0.29) is 11.9 Å². The Morgan fingerprint density at radius 3 is 3.00 bits per heavy atom. The number of nitrogen functional groups attached to an aromatic ring is 1. The fraction of sp³-hybridized carbons (Fsp3) is 0.571. The molecule has 0 saturated carbocycles. The van der Waals surface area contributed by atoms with Crippen LogP contribution in [0.5, 0.6) is 0 Å². The zero-order valence-electron chi connectivity index (χ0n) is 11.3. The summed E-state index contributed by atoms with van der Waals surface area (Å²) in [5.41, 5.74) is 7.17. The number of Topliss-reactive ketones (excluding diaryl/α,β-unsaturated/α-hetero) is 1.